The molecule has 8 heteroatoms. The predicted molar refractivity (Wildman–Crippen MR) is 149 cm³/mol. The summed E-state index contributed by atoms with van der Waals surface area (Å²) in [7, 11) is 2.01. The normalized spacial score (nSPS) is 13.5. The van der Waals surface area contributed by atoms with E-state index in [1.54, 1.807) is 25.1 Å². The van der Waals surface area contributed by atoms with Crippen molar-refractivity contribution < 1.29 is 19.1 Å². The lowest BCUT2D eigenvalue weighted by Gasteiger charge is -2.18. The second-order valence-corrected chi connectivity index (χ2v) is 9.09. The molecule has 1 aliphatic heterocycles. The van der Waals surface area contributed by atoms with Gasteiger partial charge in [-0.15, -0.1) is 0 Å². The van der Waals surface area contributed by atoms with Crippen LogP contribution in [0.15, 0.2) is 72.8 Å². The smallest absolute Gasteiger partial charge is 0.338 e. The van der Waals surface area contributed by atoms with Gasteiger partial charge in [0.2, 0.25) is 5.91 Å². The van der Waals surface area contributed by atoms with Crippen molar-refractivity contribution in [3.63, 3.8) is 0 Å². The van der Waals surface area contributed by atoms with Crippen LogP contribution in [-0.2, 0) is 20.9 Å². The Morgan fingerprint density at radius 2 is 1.71 bits per heavy atom. The van der Waals surface area contributed by atoms with Gasteiger partial charge in [0.15, 0.2) is 0 Å². The van der Waals surface area contributed by atoms with Gasteiger partial charge in [-0.3, -0.25) is 9.59 Å². The number of anilines is 2. The zero-order valence-electron chi connectivity index (χ0n) is 21.8. The lowest BCUT2D eigenvalue weighted by atomic mass is 9.99. The lowest BCUT2D eigenvalue weighted by molar-refractivity contribution is -0.119. The van der Waals surface area contributed by atoms with Crippen LogP contribution in [0.3, 0.4) is 0 Å². The van der Waals surface area contributed by atoms with Crippen molar-refractivity contribution in [2.45, 2.75) is 20.4 Å². The number of likely N-dealkylation sites (N-methyl/N-ethyl adjacent to an activating group) is 1. The van der Waals surface area contributed by atoms with Gasteiger partial charge in [0, 0.05) is 37.8 Å². The molecule has 4 rings (SSSR count). The molecule has 0 bridgehead atoms. The van der Waals surface area contributed by atoms with E-state index in [0.717, 1.165) is 29.9 Å². The highest BCUT2D eigenvalue weighted by molar-refractivity contribution is 6.37. The Hall–Kier alpha value is -4.43. The van der Waals surface area contributed by atoms with Gasteiger partial charge in [-0.25, -0.2) is 4.79 Å². The van der Waals surface area contributed by atoms with E-state index in [0.29, 0.717) is 34.6 Å². The molecule has 0 unspecified atom stereocenters. The second-order valence-electron chi connectivity index (χ2n) is 9.09. The third-order valence-electron chi connectivity index (χ3n) is 6.13. The number of rotatable bonds is 10. The Labute approximate surface area is 222 Å². The van der Waals surface area contributed by atoms with Gasteiger partial charge in [0.05, 0.1) is 29.1 Å². The van der Waals surface area contributed by atoms with Crippen LogP contribution in [0.1, 0.15) is 40.9 Å². The van der Waals surface area contributed by atoms with Crippen LogP contribution in [0.2, 0.25) is 0 Å². The SMILES string of the molecule is CCOC(=O)c1ccc2c(c1)NC(=O)C2=C(Nc1ccc(CN(C)CCNC(C)=O)cc1)c1ccccc1. The number of fused-ring (bicyclic) bond motifs is 1. The topological polar surface area (TPSA) is 99.8 Å². The highest BCUT2D eigenvalue weighted by atomic mass is 16.5. The fourth-order valence-corrected chi connectivity index (χ4v) is 4.30. The van der Waals surface area contributed by atoms with Crippen LogP contribution in [0.5, 0.6) is 0 Å². The van der Waals surface area contributed by atoms with Crippen molar-refractivity contribution in [3.05, 3.63) is 95.1 Å². The number of hydrogen-bond acceptors (Lipinski definition) is 6. The summed E-state index contributed by atoms with van der Waals surface area (Å²) in [5, 5.41) is 9.17. The molecule has 38 heavy (non-hydrogen) atoms. The third-order valence-corrected chi connectivity index (χ3v) is 6.13. The summed E-state index contributed by atoms with van der Waals surface area (Å²) in [6.45, 7) is 5.64. The first-order valence-electron chi connectivity index (χ1n) is 12.6. The quantitative estimate of drug-likeness (QED) is 0.276. The maximum absolute atomic E-state index is 13.2. The monoisotopic (exact) mass is 512 g/mol. The van der Waals surface area contributed by atoms with Gasteiger partial charge in [0.1, 0.15) is 0 Å². The molecule has 2 amide bonds. The average Bonchev–Trinajstić information content (AvgIpc) is 3.23. The molecule has 3 aromatic rings. The summed E-state index contributed by atoms with van der Waals surface area (Å²) in [4.78, 5) is 38.6. The van der Waals surface area contributed by atoms with Crippen LogP contribution in [0, 0.1) is 0 Å². The van der Waals surface area contributed by atoms with Gasteiger partial charge in [-0.2, -0.15) is 0 Å². The second kappa shape index (κ2) is 12.2. The Kier molecular flexibility index (Phi) is 8.55. The van der Waals surface area contributed by atoms with Crippen LogP contribution in [0.25, 0.3) is 11.3 Å². The van der Waals surface area contributed by atoms with Crippen LogP contribution < -0.4 is 16.0 Å². The molecule has 0 atom stereocenters. The van der Waals surface area contributed by atoms with Crippen LogP contribution in [-0.4, -0.2) is 49.4 Å². The van der Waals surface area contributed by atoms with E-state index >= 15 is 0 Å². The minimum absolute atomic E-state index is 0.0322. The van der Waals surface area contributed by atoms with Crippen molar-refractivity contribution in [3.8, 4) is 0 Å². The number of carbonyl (C=O) groups is 3. The molecule has 1 aliphatic rings. The van der Waals surface area contributed by atoms with E-state index in [4.69, 9.17) is 4.74 Å². The molecule has 0 spiro atoms. The minimum atomic E-state index is -0.427. The molecule has 196 valence electrons. The minimum Gasteiger partial charge on any atom is -0.462 e. The maximum Gasteiger partial charge on any atom is 0.338 e. The lowest BCUT2D eigenvalue weighted by Crippen LogP contribution is -2.31. The first-order chi connectivity index (χ1) is 18.4. The number of hydrogen-bond donors (Lipinski definition) is 3. The van der Waals surface area contributed by atoms with Gasteiger partial charge >= 0.3 is 5.97 Å². The first-order valence-corrected chi connectivity index (χ1v) is 12.6. The Bertz CT molecular complexity index is 1350. The predicted octanol–water partition coefficient (Wildman–Crippen LogP) is 4.36. The molecule has 3 aromatic carbocycles. The summed E-state index contributed by atoms with van der Waals surface area (Å²) >= 11 is 0. The molecule has 0 aromatic heterocycles. The number of nitrogens with zero attached hydrogens (tertiary/aromatic N) is 1. The summed E-state index contributed by atoms with van der Waals surface area (Å²) in [5.41, 5.74) is 5.68. The van der Waals surface area contributed by atoms with Crippen molar-refractivity contribution in [1.29, 1.82) is 0 Å². The van der Waals surface area contributed by atoms with Crippen LogP contribution >= 0.6 is 0 Å². The van der Waals surface area contributed by atoms with Gasteiger partial charge in [0.25, 0.3) is 5.91 Å². The molecule has 0 radical (unpaired) electrons. The van der Waals surface area contributed by atoms with Crippen LogP contribution in [0.4, 0.5) is 11.4 Å². The van der Waals surface area contributed by atoms with E-state index in [9.17, 15) is 14.4 Å². The third kappa shape index (κ3) is 6.46. The summed E-state index contributed by atoms with van der Waals surface area (Å²) in [5.74, 6) is -0.704. The fraction of sp³-hybridized carbons (Fsp3) is 0.233. The number of carbonyl (C=O) groups excluding carboxylic acids is 3. The molecule has 0 saturated heterocycles. The van der Waals surface area contributed by atoms with Crippen molar-refractivity contribution in [1.82, 2.24) is 10.2 Å². The van der Waals surface area contributed by atoms with Crippen molar-refractivity contribution in [2.24, 2.45) is 0 Å². The summed E-state index contributed by atoms with van der Waals surface area (Å²) in [6.07, 6.45) is 0. The van der Waals surface area contributed by atoms with E-state index < -0.39 is 5.97 Å². The largest absolute Gasteiger partial charge is 0.462 e. The summed E-state index contributed by atoms with van der Waals surface area (Å²) < 4.78 is 5.10. The maximum atomic E-state index is 13.2. The van der Waals surface area contributed by atoms with Crippen molar-refractivity contribution in [2.75, 3.05) is 37.4 Å². The molecule has 0 fully saturated rings. The number of nitrogens with one attached hydrogen (secondary N) is 3. The average molecular weight is 513 g/mol. The van der Waals surface area contributed by atoms with Gasteiger partial charge < -0.3 is 25.6 Å². The molecule has 3 N–H and O–H groups in total. The fourth-order valence-electron chi connectivity index (χ4n) is 4.30. The number of amides is 2. The zero-order valence-corrected chi connectivity index (χ0v) is 21.8. The zero-order chi connectivity index (χ0) is 27.1. The molecular weight excluding hydrogens is 480 g/mol. The molecule has 8 nitrogen and oxygen atoms in total. The molecule has 0 saturated carbocycles. The number of benzene rings is 3. The van der Waals surface area contributed by atoms with Gasteiger partial charge in [-0.1, -0.05) is 48.5 Å². The number of esters is 1. The number of ether oxygens (including phenoxy) is 1. The van der Waals surface area contributed by atoms with Crippen molar-refractivity contribution >= 4 is 40.4 Å². The highest BCUT2D eigenvalue weighted by Crippen LogP contribution is 2.38. The Morgan fingerprint density at radius 3 is 2.39 bits per heavy atom. The van der Waals surface area contributed by atoms with Gasteiger partial charge in [-0.05, 0) is 49.4 Å². The molecule has 0 aliphatic carbocycles. The Morgan fingerprint density at radius 1 is 0.974 bits per heavy atom. The Balaban J connectivity index is 1.60. The molecule has 1 heterocycles. The highest BCUT2D eigenvalue weighted by Gasteiger charge is 2.29. The summed E-state index contributed by atoms with van der Waals surface area (Å²) in [6, 6.07) is 22.8. The van der Waals surface area contributed by atoms with E-state index in [-0.39, 0.29) is 18.4 Å². The van der Waals surface area contributed by atoms with E-state index in [2.05, 4.69) is 20.9 Å². The molecular formula is C30H32N4O4. The van der Waals surface area contributed by atoms with E-state index in [1.165, 1.54) is 6.92 Å². The standard InChI is InChI=1S/C30H32N4O4/c1-4-38-30(37)23-12-15-25-26(18-23)33-29(36)27(25)28(22-8-6-5-7-9-22)32-24-13-10-21(11-14-24)19-34(3)17-16-31-20(2)35/h5-15,18,32H,4,16-17,19H2,1-3H3,(H,31,35)(H,33,36). The van der Waals surface area contributed by atoms with E-state index in [1.807, 2.05) is 61.6 Å². The first kappa shape index (κ1) is 26.6.